The van der Waals surface area contributed by atoms with E-state index in [4.69, 9.17) is 4.42 Å². The lowest BCUT2D eigenvalue weighted by Gasteiger charge is -1.98. The van der Waals surface area contributed by atoms with Crippen molar-refractivity contribution in [1.82, 2.24) is 15.0 Å². The van der Waals surface area contributed by atoms with Crippen molar-refractivity contribution in [2.45, 2.75) is 13.8 Å². The first kappa shape index (κ1) is 18.5. The number of aromatic amines is 1. The minimum Gasteiger partial charge on any atom is -0.408 e. The smallest absolute Gasteiger partial charge is 0.346 e. The van der Waals surface area contributed by atoms with Gasteiger partial charge in [0, 0.05) is 15.9 Å². The van der Waals surface area contributed by atoms with E-state index in [2.05, 4.69) is 46.8 Å². The Hall–Kier alpha value is -2.32. The summed E-state index contributed by atoms with van der Waals surface area (Å²) in [6.07, 6.45) is 0. The molecule has 1 N–H and O–H groups in total. The molecule has 4 rings (SSSR count). The minimum atomic E-state index is -0.338. The number of aromatic nitrogens is 3. The standard InChI is InChI=1S/C9H7BrN2O.C9H6BrNO2/c1-5-11-8-4-6(10)2-3-7(8)9(13)12-5;1-5-11-8-4-6(10)2-3-7(8)9(12)13-5/h2-4H,1H3,(H,11,12,13);2-4H,1H3. The van der Waals surface area contributed by atoms with Gasteiger partial charge in [0.15, 0.2) is 5.89 Å². The van der Waals surface area contributed by atoms with Crippen molar-refractivity contribution in [1.29, 1.82) is 0 Å². The monoisotopic (exact) mass is 477 g/mol. The van der Waals surface area contributed by atoms with Crippen molar-refractivity contribution < 1.29 is 4.42 Å². The number of halogens is 2. The van der Waals surface area contributed by atoms with Gasteiger partial charge >= 0.3 is 5.63 Å². The Morgan fingerprint density at radius 3 is 2.12 bits per heavy atom. The van der Waals surface area contributed by atoms with E-state index in [1.165, 1.54) is 0 Å². The van der Waals surface area contributed by atoms with Gasteiger partial charge in [0.25, 0.3) is 5.56 Å². The zero-order valence-corrected chi connectivity index (χ0v) is 17.0. The van der Waals surface area contributed by atoms with Gasteiger partial charge in [-0.3, -0.25) is 4.79 Å². The van der Waals surface area contributed by atoms with Gasteiger partial charge in [0.2, 0.25) is 0 Å². The van der Waals surface area contributed by atoms with Crippen LogP contribution in [0.3, 0.4) is 0 Å². The van der Waals surface area contributed by atoms with E-state index in [1.54, 1.807) is 38.1 Å². The second kappa shape index (κ2) is 7.51. The molecular weight excluding hydrogens is 466 g/mol. The van der Waals surface area contributed by atoms with Gasteiger partial charge < -0.3 is 9.40 Å². The number of benzene rings is 2. The number of aryl methyl sites for hydroxylation is 2. The molecule has 0 aliphatic rings. The molecule has 0 fully saturated rings. The Morgan fingerprint density at radius 2 is 1.46 bits per heavy atom. The van der Waals surface area contributed by atoms with Crippen LogP contribution >= 0.6 is 31.9 Å². The van der Waals surface area contributed by atoms with Gasteiger partial charge in [-0.1, -0.05) is 31.9 Å². The second-order valence-electron chi connectivity index (χ2n) is 5.49. The van der Waals surface area contributed by atoms with Crippen LogP contribution in [-0.2, 0) is 0 Å². The van der Waals surface area contributed by atoms with Gasteiger partial charge in [-0.15, -0.1) is 0 Å². The third-order valence-corrected chi connectivity index (χ3v) is 4.47. The van der Waals surface area contributed by atoms with E-state index < -0.39 is 0 Å². The molecule has 26 heavy (non-hydrogen) atoms. The fourth-order valence-corrected chi connectivity index (χ4v) is 3.08. The zero-order valence-electron chi connectivity index (χ0n) is 13.8. The van der Waals surface area contributed by atoms with Crippen molar-refractivity contribution >= 4 is 53.7 Å². The van der Waals surface area contributed by atoms with E-state index in [1.807, 2.05) is 12.1 Å². The third-order valence-electron chi connectivity index (χ3n) is 3.48. The highest BCUT2D eigenvalue weighted by Crippen LogP contribution is 2.16. The fraction of sp³-hybridized carbons (Fsp3) is 0.111. The number of hydrogen-bond donors (Lipinski definition) is 1. The first-order valence-electron chi connectivity index (χ1n) is 7.56. The van der Waals surface area contributed by atoms with Crippen molar-refractivity contribution in [3.63, 3.8) is 0 Å². The Bertz CT molecular complexity index is 1120. The number of nitrogens with one attached hydrogen (secondary N) is 1. The van der Waals surface area contributed by atoms with Crippen LogP contribution in [0.5, 0.6) is 0 Å². The maximum absolute atomic E-state index is 11.4. The number of hydrogen-bond acceptors (Lipinski definition) is 5. The summed E-state index contributed by atoms with van der Waals surface area (Å²) in [5.41, 5.74) is 0.948. The molecule has 0 amide bonds. The lowest BCUT2D eigenvalue weighted by atomic mass is 10.2. The normalized spacial score (nSPS) is 10.6. The molecule has 0 radical (unpaired) electrons. The molecule has 2 heterocycles. The van der Waals surface area contributed by atoms with Crippen LogP contribution < -0.4 is 11.2 Å². The van der Waals surface area contributed by atoms with E-state index in [0.29, 0.717) is 28.0 Å². The zero-order chi connectivity index (χ0) is 18.8. The van der Waals surface area contributed by atoms with Gasteiger partial charge in [-0.25, -0.2) is 14.8 Å². The van der Waals surface area contributed by atoms with Crippen LogP contribution in [0, 0.1) is 13.8 Å². The van der Waals surface area contributed by atoms with Crippen LogP contribution in [0.25, 0.3) is 21.8 Å². The summed E-state index contributed by atoms with van der Waals surface area (Å²) < 4.78 is 6.68. The summed E-state index contributed by atoms with van der Waals surface area (Å²) in [5.74, 6) is 1.02. The number of H-pyrrole nitrogens is 1. The molecule has 4 aromatic rings. The highest BCUT2D eigenvalue weighted by Gasteiger charge is 2.03. The Labute approximate surface area is 164 Å². The Balaban J connectivity index is 0.000000151. The molecule has 0 atom stereocenters. The molecule has 0 aliphatic carbocycles. The summed E-state index contributed by atoms with van der Waals surface area (Å²) >= 11 is 6.64. The number of fused-ring (bicyclic) bond motifs is 2. The van der Waals surface area contributed by atoms with Crippen molar-refractivity contribution in [2.24, 2.45) is 0 Å². The predicted octanol–water partition coefficient (Wildman–Crippen LogP) is 4.25. The number of nitrogens with zero attached hydrogens (tertiary/aromatic N) is 2. The average Bonchev–Trinajstić information content (AvgIpc) is 2.54. The van der Waals surface area contributed by atoms with E-state index >= 15 is 0 Å². The Morgan fingerprint density at radius 1 is 0.885 bits per heavy atom. The Kier molecular flexibility index (Phi) is 5.33. The van der Waals surface area contributed by atoms with Gasteiger partial charge in [-0.2, -0.15) is 0 Å². The first-order valence-corrected chi connectivity index (χ1v) is 9.15. The molecule has 2 aromatic heterocycles. The predicted molar refractivity (Wildman–Crippen MR) is 108 cm³/mol. The van der Waals surface area contributed by atoms with Crippen LogP contribution in [0.1, 0.15) is 11.7 Å². The molecule has 0 unspecified atom stereocenters. The van der Waals surface area contributed by atoms with Gasteiger partial charge in [0.1, 0.15) is 5.82 Å². The van der Waals surface area contributed by atoms with Crippen LogP contribution in [0.15, 0.2) is 59.3 Å². The molecule has 0 bridgehead atoms. The highest BCUT2D eigenvalue weighted by atomic mass is 79.9. The maximum Gasteiger partial charge on any atom is 0.346 e. The molecule has 2 aromatic carbocycles. The molecule has 0 spiro atoms. The summed E-state index contributed by atoms with van der Waals surface area (Å²) in [4.78, 5) is 33.7. The molecule has 0 saturated carbocycles. The van der Waals surface area contributed by atoms with E-state index in [-0.39, 0.29) is 11.2 Å². The molecule has 6 nitrogen and oxygen atoms in total. The SMILES string of the molecule is Cc1nc2cc(Br)ccc2c(=O)[nH]1.Cc1nc2cc(Br)ccc2c(=O)o1. The molecule has 132 valence electrons. The molecule has 0 aliphatic heterocycles. The van der Waals surface area contributed by atoms with Crippen LogP contribution in [0.4, 0.5) is 0 Å². The number of rotatable bonds is 0. The summed E-state index contributed by atoms with van der Waals surface area (Å²) in [5, 5.41) is 1.13. The fourth-order valence-electron chi connectivity index (χ4n) is 2.38. The summed E-state index contributed by atoms with van der Waals surface area (Å²) in [7, 11) is 0. The van der Waals surface area contributed by atoms with E-state index in [0.717, 1.165) is 14.5 Å². The largest absolute Gasteiger partial charge is 0.408 e. The highest BCUT2D eigenvalue weighted by molar-refractivity contribution is 9.10. The molecular formula is C18H13Br2N3O3. The summed E-state index contributed by atoms with van der Waals surface area (Å²) in [6, 6.07) is 10.7. The average molecular weight is 479 g/mol. The van der Waals surface area contributed by atoms with Gasteiger partial charge in [-0.05, 0) is 43.3 Å². The summed E-state index contributed by atoms with van der Waals surface area (Å²) in [6.45, 7) is 3.42. The third kappa shape index (κ3) is 4.08. The lowest BCUT2D eigenvalue weighted by molar-refractivity contribution is 0.467. The van der Waals surface area contributed by atoms with Crippen molar-refractivity contribution in [3.05, 3.63) is 77.8 Å². The lowest BCUT2D eigenvalue weighted by Crippen LogP contribution is -2.09. The second-order valence-corrected chi connectivity index (χ2v) is 7.33. The maximum atomic E-state index is 11.4. The molecule has 8 heteroatoms. The first-order chi connectivity index (χ1) is 12.3. The van der Waals surface area contributed by atoms with E-state index in [9.17, 15) is 9.59 Å². The van der Waals surface area contributed by atoms with Crippen molar-refractivity contribution in [3.8, 4) is 0 Å². The van der Waals surface area contributed by atoms with Crippen LogP contribution in [-0.4, -0.2) is 15.0 Å². The van der Waals surface area contributed by atoms with Gasteiger partial charge in [0.05, 0.1) is 21.8 Å². The quantitative estimate of drug-likeness (QED) is 0.408. The van der Waals surface area contributed by atoms with Crippen LogP contribution in [0.2, 0.25) is 0 Å². The molecule has 0 saturated heterocycles. The minimum absolute atomic E-state index is 0.0880. The topological polar surface area (TPSA) is 88.9 Å². The van der Waals surface area contributed by atoms with Crippen molar-refractivity contribution in [2.75, 3.05) is 0 Å².